The van der Waals surface area contributed by atoms with Gasteiger partial charge in [0.2, 0.25) is 0 Å². The number of pyridine rings is 1. The normalized spacial score (nSPS) is 10.0. The lowest BCUT2D eigenvalue weighted by Gasteiger charge is -1.97. The smallest absolute Gasteiger partial charge is 0.139 e. The van der Waals surface area contributed by atoms with E-state index in [1.165, 1.54) is 0 Å². The second-order valence-corrected chi connectivity index (χ2v) is 2.89. The van der Waals surface area contributed by atoms with Crippen LogP contribution in [0.2, 0.25) is 0 Å². The third-order valence-corrected chi connectivity index (χ3v) is 2.00. The van der Waals surface area contributed by atoms with Crippen LogP contribution < -0.4 is 5.73 Å². The molecule has 13 heavy (non-hydrogen) atoms. The van der Waals surface area contributed by atoms with E-state index >= 15 is 0 Å². The topological polar surface area (TPSA) is 43.8 Å². The van der Waals surface area contributed by atoms with Gasteiger partial charge in [0.15, 0.2) is 0 Å². The average Bonchev–Trinajstić information content (AvgIpc) is 2.47. The Bertz CT molecular complexity index is 408. The molecule has 2 rings (SSSR count). The number of halogens is 1. The molecule has 4 heteroatoms. The Kier molecular flexibility index (Phi) is 2.90. The van der Waals surface area contributed by atoms with Crippen LogP contribution in [-0.4, -0.2) is 9.55 Å². The van der Waals surface area contributed by atoms with Gasteiger partial charge in [0.1, 0.15) is 5.65 Å². The van der Waals surface area contributed by atoms with E-state index in [-0.39, 0.29) is 12.4 Å². The number of fused-ring (bicyclic) bond motifs is 1. The Morgan fingerprint density at radius 3 is 3.00 bits per heavy atom. The number of rotatable bonds is 1. The predicted octanol–water partition coefficient (Wildman–Crippen LogP) is 1.45. The van der Waals surface area contributed by atoms with Gasteiger partial charge in [0, 0.05) is 31.4 Å². The van der Waals surface area contributed by atoms with Crippen molar-refractivity contribution in [3.63, 3.8) is 0 Å². The lowest BCUT2D eigenvalue weighted by molar-refractivity contribution is 0.944. The van der Waals surface area contributed by atoms with E-state index in [1.807, 2.05) is 30.1 Å². The number of aryl methyl sites for hydroxylation is 1. The summed E-state index contributed by atoms with van der Waals surface area (Å²) < 4.78 is 2.00. The summed E-state index contributed by atoms with van der Waals surface area (Å²) in [7, 11) is 1.98. The zero-order valence-corrected chi connectivity index (χ0v) is 8.21. The van der Waals surface area contributed by atoms with Crippen molar-refractivity contribution in [2.24, 2.45) is 12.8 Å². The van der Waals surface area contributed by atoms with Gasteiger partial charge in [-0.15, -0.1) is 12.4 Å². The lowest BCUT2D eigenvalue weighted by Crippen LogP contribution is -1.97. The minimum Gasteiger partial charge on any atom is -0.336 e. The Balaban J connectivity index is 0.000000845. The maximum absolute atomic E-state index is 5.50. The van der Waals surface area contributed by atoms with Crippen LogP contribution in [0.1, 0.15) is 5.56 Å². The average molecular weight is 198 g/mol. The summed E-state index contributed by atoms with van der Waals surface area (Å²) in [5.74, 6) is 0. The van der Waals surface area contributed by atoms with Gasteiger partial charge in [-0.1, -0.05) is 0 Å². The van der Waals surface area contributed by atoms with Gasteiger partial charge in [-0.25, -0.2) is 4.98 Å². The van der Waals surface area contributed by atoms with Gasteiger partial charge in [-0.05, 0) is 17.7 Å². The second kappa shape index (κ2) is 3.77. The third-order valence-electron chi connectivity index (χ3n) is 2.00. The molecule has 0 radical (unpaired) electrons. The Hall–Kier alpha value is -1.06. The first-order valence-corrected chi connectivity index (χ1v) is 3.91. The van der Waals surface area contributed by atoms with E-state index < -0.39 is 0 Å². The molecule has 3 nitrogen and oxygen atoms in total. The van der Waals surface area contributed by atoms with Crippen LogP contribution in [0.5, 0.6) is 0 Å². The predicted molar refractivity (Wildman–Crippen MR) is 55.9 cm³/mol. The van der Waals surface area contributed by atoms with Crippen molar-refractivity contribution in [2.75, 3.05) is 0 Å². The molecule has 0 amide bonds. The van der Waals surface area contributed by atoms with Crippen molar-refractivity contribution in [3.8, 4) is 0 Å². The van der Waals surface area contributed by atoms with Crippen LogP contribution in [-0.2, 0) is 13.6 Å². The first kappa shape index (κ1) is 10.0. The van der Waals surface area contributed by atoms with Crippen molar-refractivity contribution >= 4 is 23.4 Å². The van der Waals surface area contributed by atoms with Crippen molar-refractivity contribution in [1.29, 1.82) is 0 Å². The Labute approximate surface area is 83.0 Å². The highest BCUT2D eigenvalue weighted by molar-refractivity contribution is 5.85. The van der Waals surface area contributed by atoms with Gasteiger partial charge in [-0.2, -0.15) is 0 Å². The fourth-order valence-electron chi connectivity index (χ4n) is 1.31. The SMILES string of the molecule is Cl.Cn1ccc2cc(CN)cnc21. The fourth-order valence-corrected chi connectivity index (χ4v) is 1.31. The molecule has 0 bridgehead atoms. The van der Waals surface area contributed by atoms with Gasteiger partial charge in [0.25, 0.3) is 0 Å². The molecule has 0 aliphatic rings. The molecule has 0 atom stereocenters. The van der Waals surface area contributed by atoms with Gasteiger partial charge in [0.05, 0.1) is 0 Å². The number of hydrogen-bond donors (Lipinski definition) is 1. The Morgan fingerprint density at radius 1 is 1.54 bits per heavy atom. The van der Waals surface area contributed by atoms with Crippen LogP contribution in [0.3, 0.4) is 0 Å². The van der Waals surface area contributed by atoms with Crippen LogP contribution in [0, 0.1) is 0 Å². The molecule has 0 aliphatic carbocycles. The monoisotopic (exact) mass is 197 g/mol. The summed E-state index contributed by atoms with van der Waals surface area (Å²) in [5, 5.41) is 1.15. The van der Waals surface area contributed by atoms with Gasteiger partial charge < -0.3 is 10.3 Å². The summed E-state index contributed by atoms with van der Waals surface area (Å²) in [4.78, 5) is 4.29. The maximum Gasteiger partial charge on any atom is 0.139 e. The molecule has 2 aromatic heterocycles. The number of nitrogens with zero attached hydrogens (tertiary/aromatic N) is 2. The van der Waals surface area contributed by atoms with Crippen LogP contribution in [0.4, 0.5) is 0 Å². The van der Waals surface area contributed by atoms with Crippen molar-refractivity contribution < 1.29 is 0 Å². The van der Waals surface area contributed by atoms with Crippen LogP contribution >= 0.6 is 12.4 Å². The number of nitrogens with two attached hydrogens (primary N) is 1. The zero-order chi connectivity index (χ0) is 8.55. The summed E-state index contributed by atoms with van der Waals surface area (Å²) in [5.41, 5.74) is 7.59. The standard InChI is InChI=1S/C9H11N3.ClH/c1-12-3-2-8-4-7(5-10)6-11-9(8)12;/h2-4,6H,5,10H2,1H3;1H. The van der Waals surface area contributed by atoms with Gasteiger partial charge >= 0.3 is 0 Å². The number of aromatic nitrogens is 2. The molecule has 70 valence electrons. The molecule has 2 aromatic rings. The van der Waals surface area contributed by atoms with Crippen molar-refractivity contribution in [1.82, 2.24) is 9.55 Å². The largest absolute Gasteiger partial charge is 0.336 e. The summed E-state index contributed by atoms with van der Waals surface area (Å²) >= 11 is 0. The van der Waals surface area contributed by atoms with Crippen LogP contribution in [0.25, 0.3) is 11.0 Å². The second-order valence-electron chi connectivity index (χ2n) is 2.89. The molecule has 0 fully saturated rings. The summed E-state index contributed by atoms with van der Waals surface area (Å²) in [6, 6.07) is 4.11. The Morgan fingerprint density at radius 2 is 2.31 bits per heavy atom. The summed E-state index contributed by atoms with van der Waals surface area (Å²) in [6.07, 6.45) is 3.82. The molecule has 2 heterocycles. The van der Waals surface area contributed by atoms with Crippen molar-refractivity contribution in [2.45, 2.75) is 6.54 Å². The molecular formula is C9H12ClN3. The van der Waals surface area contributed by atoms with Crippen molar-refractivity contribution in [3.05, 3.63) is 30.1 Å². The quantitative estimate of drug-likeness (QED) is 0.752. The van der Waals surface area contributed by atoms with E-state index in [2.05, 4.69) is 11.1 Å². The highest BCUT2D eigenvalue weighted by Gasteiger charge is 1.98. The molecule has 0 aromatic carbocycles. The molecular weight excluding hydrogens is 186 g/mol. The summed E-state index contributed by atoms with van der Waals surface area (Å²) in [6.45, 7) is 0.553. The minimum atomic E-state index is 0. The molecule has 2 N–H and O–H groups in total. The number of hydrogen-bond acceptors (Lipinski definition) is 2. The lowest BCUT2D eigenvalue weighted by atomic mass is 10.2. The zero-order valence-electron chi connectivity index (χ0n) is 7.40. The van der Waals surface area contributed by atoms with E-state index in [0.29, 0.717) is 6.54 Å². The molecule has 0 spiro atoms. The molecule has 0 aliphatic heterocycles. The first-order valence-electron chi connectivity index (χ1n) is 3.91. The molecule has 0 unspecified atom stereocenters. The highest BCUT2D eigenvalue weighted by Crippen LogP contribution is 2.12. The maximum atomic E-state index is 5.50. The van der Waals surface area contributed by atoms with E-state index in [4.69, 9.17) is 5.73 Å². The molecule has 0 saturated heterocycles. The highest BCUT2D eigenvalue weighted by atomic mass is 35.5. The molecule has 0 saturated carbocycles. The minimum absolute atomic E-state index is 0. The van der Waals surface area contributed by atoms with Crippen LogP contribution in [0.15, 0.2) is 24.5 Å². The van der Waals surface area contributed by atoms with E-state index in [9.17, 15) is 0 Å². The fraction of sp³-hybridized carbons (Fsp3) is 0.222. The first-order chi connectivity index (χ1) is 5.81. The van der Waals surface area contributed by atoms with E-state index in [1.54, 1.807) is 0 Å². The van der Waals surface area contributed by atoms with E-state index in [0.717, 1.165) is 16.6 Å². The third kappa shape index (κ3) is 1.66. The van der Waals surface area contributed by atoms with Gasteiger partial charge in [-0.3, -0.25) is 0 Å².